The summed E-state index contributed by atoms with van der Waals surface area (Å²) in [6, 6.07) is -0.557. The SMILES string of the molecule is C#CC1(O)CC(C)[N@+](C(=O)O)(C(=O)C(C)CS)C1. The number of aliphatic hydroxyl groups is 1. The number of hydrogen-bond donors (Lipinski definition) is 3. The van der Waals surface area contributed by atoms with E-state index in [4.69, 9.17) is 6.42 Å². The Morgan fingerprint density at radius 1 is 1.67 bits per heavy atom. The van der Waals surface area contributed by atoms with Crippen molar-refractivity contribution in [2.45, 2.75) is 31.9 Å². The Morgan fingerprint density at radius 3 is 2.56 bits per heavy atom. The van der Waals surface area contributed by atoms with Crippen molar-refractivity contribution in [3.05, 3.63) is 0 Å². The monoisotopic (exact) mass is 272 g/mol. The van der Waals surface area contributed by atoms with Crippen molar-refractivity contribution in [1.82, 2.24) is 0 Å². The van der Waals surface area contributed by atoms with E-state index in [2.05, 4.69) is 18.5 Å². The smallest absolute Gasteiger partial charge is 0.435 e. The number of terminal acetylenes is 1. The van der Waals surface area contributed by atoms with Crippen molar-refractivity contribution >= 4 is 24.6 Å². The summed E-state index contributed by atoms with van der Waals surface area (Å²) in [7, 11) is 0. The Bertz CT molecular complexity index is 419. The summed E-state index contributed by atoms with van der Waals surface area (Å²) in [6.45, 7) is 2.96. The van der Waals surface area contributed by atoms with Crippen LogP contribution in [0.4, 0.5) is 4.79 Å². The maximum absolute atomic E-state index is 12.3. The molecule has 0 aromatic rings. The molecule has 1 aliphatic heterocycles. The van der Waals surface area contributed by atoms with Gasteiger partial charge in [-0.2, -0.15) is 21.9 Å². The fourth-order valence-electron chi connectivity index (χ4n) is 2.50. The molecule has 0 spiro atoms. The summed E-state index contributed by atoms with van der Waals surface area (Å²) >= 11 is 4.02. The Kier molecular flexibility index (Phi) is 4.11. The zero-order chi connectivity index (χ0) is 14.1. The molecule has 0 aliphatic carbocycles. The van der Waals surface area contributed by atoms with Crippen LogP contribution in [-0.2, 0) is 4.79 Å². The van der Waals surface area contributed by atoms with Gasteiger partial charge in [0.2, 0.25) is 0 Å². The number of carboxylic acid groups (broad SMARTS) is 1. The van der Waals surface area contributed by atoms with Crippen molar-refractivity contribution in [2.24, 2.45) is 5.92 Å². The third-order valence-electron chi connectivity index (χ3n) is 3.60. The molecule has 1 heterocycles. The van der Waals surface area contributed by atoms with Crippen LogP contribution in [0.1, 0.15) is 20.3 Å². The normalized spacial score (nSPS) is 36.9. The minimum atomic E-state index is -1.54. The highest BCUT2D eigenvalue weighted by molar-refractivity contribution is 7.80. The molecular weight excluding hydrogens is 254 g/mol. The van der Waals surface area contributed by atoms with E-state index < -0.39 is 34.0 Å². The summed E-state index contributed by atoms with van der Waals surface area (Å²) in [5.74, 6) is 1.49. The summed E-state index contributed by atoms with van der Waals surface area (Å²) in [4.78, 5) is 23.9. The molecule has 3 unspecified atom stereocenters. The maximum Gasteiger partial charge on any atom is 0.521 e. The van der Waals surface area contributed by atoms with Crippen LogP contribution < -0.4 is 0 Å². The van der Waals surface area contributed by atoms with Crippen LogP contribution in [-0.4, -0.2) is 50.6 Å². The quantitative estimate of drug-likeness (QED) is 0.393. The largest absolute Gasteiger partial charge is 0.521 e. The number of nitrogens with zero attached hydrogens (tertiary/aromatic N) is 1. The molecule has 5 nitrogen and oxygen atoms in total. The molecule has 0 saturated carbocycles. The Hall–Kier alpha value is -1.03. The number of carbonyl (C=O) groups excluding carboxylic acids is 1. The predicted octanol–water partition coefficient (Wildman–Crippen LogP) is 0.730. The van der Waals surface area contributed by atoms with Gasteiger partial charge in [-0.3, -0.25) is 0 Å². The second kappa shape index (κ2) is 4.92. The summed E-state index contributed by atoms with van der Waals surface area (Å²) in [6.07, 6.45) is 4.06. The van der Waals surface area contributed by atoms with E-state index in [0.29, 0.717) is 0 Å². The minimum absolute atomic E-state index is 0.0980. The molecule has 18 heavy (non-hydrogen) atoms. The van der Waals surface area contributed by atoms with Gasteiger partial charge in [-0.25, -0.2) is 4.79 Å². The zero-order valence-electron chi connectivity index (χ0n) is 10.5. The van der Waals surface area contributed by atoms with Gasteiger partial charge >= 0.3 is 12.0 Å². The predicted molar refractivity (Wildman–Crippen MR) is 69.0 cm³/mol. The first-order chi connectivity index (χ1) is 8.23. The van der Waals surface area contributed by atoms with Crippen LogP contribution in [0, 0.1) is 18.3 Å². The number of thiol groups is 1. The molecule has 100 valence electrons. The van der Waals surface area contributed by atoms with E-state index >= 15 is 0 Å². The molecule has 2 amide bonds. The van der Waals surface area contributed by atoms with E-state index in [1.54, 1.807) is 13.8 Å². The molecule has 0 bridgehead atoms. The first kappa shape index (κ1) is 15.0. The topological polar surface area (TPSA) is 74.6 Å². The number of imide groups is 1. The number of carbonyl (C=O) groups is 2. The second-order valence-electron chi connectivity index (χ2n) is 4.96. The molecule has 1 fully saturated rings. The van der Waals surface area contributed by atoms with Crippen LogP contribution in [0.15, 0.2) is 0 Å². The fraction of sp³-hybridized carbons (Fsp3) is 0.667. The Balaban J connectivity index is 3.23. The second-order valence-corrected chi connectivity index (χ2v) is 5.33. The van der Waals surface area contributed by atoms with Gasteiger partial charge in [0.1, 0.15) is 12.6 Å². The van der Waals surface area contributed by atoms with Crippen molar-refractivity contribution in [3.8, 4) is 12.3 Å². The van der Waals surface area contributed by atoms with Crippen LogP contribution >= 0.6 is 12.6 Å². The van der Waals surface area contributed by atoms with Crippen molar-refractivity contribution in [3.63, 3.8) is 0 Å². The van der Waals surface area contributed by atoms with Gasteiger partial charge in [0.05, 0.1) is 5.92 Å². The van der Waals surface area contributed by atoms with Gasteiger partial charge in [0.25, 0.3) is 0 Å². The zero-order valence-corrected chi connectivity index (χ0v) is 11.4. The molecule has 0 radical (unpaired) electrons. The third-order valence-corrected chi connectivity index (χ3v) is 4.14. The molecule has 0 aromatic carbocycles. The molecular formula is C12H18NO4S+. The average Bonchev–Trinajstić information content (AvgIpc) is 2.61. The highest BCUT2D eigenvalue weighted by Gasteiger charge is 2.62. The van der Waals surface area contributed by atoms with Crippen LogP contribution in [0.25, 0.3) is 0 Å². The van der Waals surface area contributed by atoms with Gasteiger partial charge < -0.3 is 10.2 Å². The van der Waals surface area contributed by atoms with Gasteiger partial charge in [-0.1, -0.05) is 5.92 Å². The van der Waals surface area contributed by atoms with E-state index in [9.17, 15) is 19.8 Å². The highest BCUT2D eigenvalue weighted by atomic mass is 32.1. The number of hydrogen-bond acceptors (Lipinski definition) is 4. The standard InChI is InChI=1S/C12H17NO4S/c1-4-12(17)5-9(3)13(7-12,11(15)16)10(14)8(2)6-18/h1,8-9,17H,5-7H2,2-3H3,(H-,15,16,18)/p+1/t8?,9?,12?,13-/m0/s1. The lowest BCUT2D eigenvalue weighted by molar-refractivity contribution is -0.796. The molecule has 6 heteroatoms. The number of likely N-dealkylation sites (tertiary alicyclic amines) is 1. The number of quaternary nitrogens is 1. The van der Waals surface area contributed by atoms with E-state index in [-0.39, 0.29) is 18.7 Å². The van der Waals surface area contributed by atoms with Gasteiger partial charge in [0.15, 0.2) is 5.60 Å². The minimum Gasteiger partial charge on any atom is -0.435 e. The van der Waals surface area contributed by atoms with Crippen LogP contribution in [0.3, 0.4) is 0 Å². The number of rotatable bonds is 2. The lowest BCUT2D eigenvalue weighted by Crippen LogP contribution is -2.61. The number of amides is 2. The molecule has 4 atom stereocenters. The van der Waals surface area contributed by atoms with E-state index in [1.165, 1.54) is 0 Å². The maximum atomic E-state index is 12.3. The van der Waals surface area contributed by atoms with Gasteiger partial charge in [0, 0.05) is 12.2 Å². The fourth-order valence-corrected chi connectivity index (χ4v) is 2.66. The molecule has 1 rings (SSSR count). The van der Waals surface area contributed by atoms with Crippen molar-refractivity contribution < 1.29 is 24.3 Å². The first-order valence-corrected chi connectivity index (χ1v) is 6.33. The molecule has 1 saturated heterocycles. The lowest BCUT2D eigenvalue weighted by Gasteiger charge is -2.31. The Morgan fingerprint density at radius 2 is 2.22 bits per heavy atom. The summed E-state index contributed by atoms with van der Waals surface area (Å²) in [5.41, 5.74) is -1.54. The van der Waals surface area contributed by atoms with Crippen LogP contribution in [0.2, 0.25) is 0 Å². The first-order valence-electron chi connectivity index (χ1n) is 5.70. The molecule has 0 aromatic heterocycles. The Labute approximate surface area is 112 Å². The van der Waals surface area contributed by atoms with Crippen molar-refractivity contribution in [1.29, 1.82) is 0 Å². The summed E-state index contributed by atoms with van der Waals surface area (Å²) in [5, 5.41) is 19.5. The van der Waals surface area contributed by atoms with E-state index in [0.717, 1.165) is 0 Å². The highest BCUT2D eigenvalue weighted by Crippen LogP contribution is 2.36. The van der Waals surface area contributed by atoms with Gasteiger partial charge in [-0.15, -0.1) is 6.42 Å². The average molecular weight is 272 g/mol. The molecule has 1 aliphatic rings. The van der Waals surface area contributed by atoms with Gasteiger partial charge in [-0.05, 0) is 13.8 Å². The van der Waals surface area contributed by atoms with Crippen LogP contribution in [0.5, 0.6) is 0 Å². The lowest BCUT2D eigenvalue weighted by atomic mass is 10.0. The van der Waals surface area contributed by atoms with Crippen molar-refractivity contribution in [2.75, 3.05) is 12.3 Å². The summed E-state index contributed by atoms with van der Waals surface area (Å²) < 4.78 is -0.817. The third kappa shape index (κ3) is 2.14. The molecule has 2 N–H and O–H groups in total. The van der Waals surface area contributed by atoms with E-state index in [1.807, 2.05) is 0 Å².